The predicted molar refractivity (Wildman–Crippen MR) is 48.1 cm³/mol. The molecule has 0 aromatic carbocycles. The fourth-order valence-electron chi connectivity index (χ4n) is 0.894. The molecule has 0 fully saturated rings. The third-order valence-corrected chi connectivity index (χ3v) is 3.79. The molecule has 0 radical (unpaired) electrons. The van der Waals surface area contributed by atoms with Gasteiger partial charge in [-0.2, -0.15) is 10.9 Å². The van der Waals surface area contributed by atoms with Gasteiger partial charge in [-0.15, -0.1) is 6.42 Å². The van der Waals surface area contributed by atoms with Crippen LogP contribution in [0.25, 0.3) is 0 Å². The highest BCUT2D eigenvalue weighted by molar-refractivity contribution is 8.22. The molecule has 9 heavy (non-hydrogen) atoms. The Morgan fingerprint density at radius 3 is 1.44 bits per heavy atom. The Bertz CT molecular complexity index is 100. The van der Waals surface area contributed by atoms with Gasteiger partial charge in [0.05, 0.1) is 0 Å². The van der Waals surface area contributed by atoms with Gasteiger partial charge in [-0.1, -0.05) is 32.9 Å². The Labute approximate surface area is 61.4 Å². The molecule has 0 amide bonds. The van der Waals surface area contributed by atoms with Crippen molar-refractivity contribution in [3.05, 3.63) is 0 Å². The fraction of sp³-hybridized carbons (Fsp3) is 0.750. The molecule has 1 heteroatoms. The van der Waals surface area contributed by atoms with Crippen LogP contribution < -0.4 is 0 Å². The number of rotatable bonds is 2. The van der Waals surface area contributed by atoms with Crippen LogP contribution in [0.2, 0.25) is 0 Å². The van der Waals surface area contributed by atoms with Crippen molar-refractivity contribution in [3.63, 3.8) is 0 Å². The maximum absolute atomic E-state index is 5.35. The number of hydrogen-bond acceptors (Lipinski definition) is 0. The largest absolute Gasteiger partial charge is 0.185 e. The molecule has 0 nitrogen and oxygen atoms in total. The summed E-state index contributed by atoms with van der Waals surface area (Å²) in [5, 5.41) is 4.24. The van der Waals surface area contributed by atoms with Gasteiger partial charge in [-0.3, -0.25) is 0 Å². The van der Waals surface area contributed by atoms with Crippen molar-refractivity contribution in [1.29, 1.82) is 0 Å². The van der Waals surface area contributed by atoms with Gasteiger partial charge in [-0.25, -0.2) is 0 Å². The molecule has 0 saturated heterocycles. The molecule has 0 aliphatic carbocycles. The first-order chi connectivity index (χ1) is 4.09. The molecule has 0 N–H and O–H groups in total. The van der Waals surface area contributed by atoms with Crippen molar-refractivity contribution < 1.29 is 0 Å². The van der Waals surface area contributed by atoms with E-state index in [1.54, 1.807) is 0 Å². The first kappa shape index (κ1) is 8.91. The molecule has 54 valence electrons. The summed E-state index contributed by atoms with van der Waals surface area (Å²) >= 11 is 0. The van der Waals surface area contributed by atoms with Crippen LogP contribution in [0.15, 0.2) is 0 Å². The zero-order chi connectivity index (χ0) is 7.44. The normalized spacial score (nSPS) is 11.9. The third kappa shape index (κ3) is 2.81. The molecule has 0 aromatic heterocycles. The molecule has 0 heterocycles. The lowest BCUT2D eigenvalue weighted by atomic mass is 10.5. The van der Waals surface area contributed by atoms with E-state index in [4.69, 9.17) is 6.42 Å². The first-order valence-electron chi connectivity index (χ1n) is 3.34. The minimum absolute atomic E-state index is 0.149. The van der Waals surface area contributed by atoms with E-state index in [1.807, 2.05) is 0 Å². The lowest BCUT2D eigenvalue weighted by molar-refractivity contribution is 1.04. The highest BCUT2D eigenvalue weighted by Gasteiger charge is 2.08. The fourth-order valence-corrected chi connectivity index (χ4v) is 2.68. The molecule has 0 rings (SSSR count). The summed E-state index contributed by atoms with van der Waals surface area (Å²) in [6.07, 6.45) is 5.35. The lowest BCUT2D eigenvalue weighted by Gasteiger charge is -2.22. The summed E-state index contributed by atoms with van der Waals surface area (Å²) in [5.74, 6) is 0. The van der Waals surface area contributed by atoms with Crippen LogP contribution in [-0.2, 0) is 0 Å². The molecular formula is C8H16S. The Balaban J connectivity index is 3.87. The van der Waals surface area contributed by atoms with Gasteiger partial charge in [0.25, 0.3) is 0 Å². The summed E-state index contributed by atoms with van der Waals surface area (Å²) < 4.78 is 0. The third-order valence-electron chi connectivity index (χ3n) is 1.26. The van der Waals surface area contributed by atoms with E-state index in [0.717, 1.165) is 0 Å². The molecule has 0 atom stereocenters. The lowest BCUT2D eigenvalue weighted by Crippen LogP contribution is -2.04. The minimum Gasteiger partial charge on any atom is -0.185 e. The van der Waals surface area contributed by atoms with Gasteiger partial charge in [0.1, 0.15) is 0 Å². The molecule has 0 aliphatic heterocycles. The number of thiol groups is 1. The van der Waals surface area contributed by atoms with E-state index in [1.165, 1.54) is 0 Å². The quantitative estimate of drug-likeness (QED) is 0.446. The first-order valence-corrected chi connectivity index (χ1v) is 4.82. The summed E-state index contributed by atoms with van der Waals surface area (Å²) in [5.41, 5.74) is 0. The van der Waals surface area contributed by atoms with Crippen molar-refractivity contribution in [1.82, 2.24) is 0 Å². The summed E-state index contributed by atoms with van der Waals surface area (Å²) in [4.78, 5) is 0. The minimum atomic E-state index is -0.149. The van der Waals surface area contributed by atoms with Crippen molar-refractivity contribution in [3.8, 4) is 11.7 Å². The van der Waals surface area contributed by atoms with E-state index in [0.29, 0.717) is 10.5 Å². The highest BCUT2D eigenvalue weighted by atomic mass is 32.2. The van der Waals surface area contributed by atoms with E-state index >= 15 is 0 Å². The van der Waals surface area contributed by atoms with Crippen molar-refractivity contribution in [2.24, 2.45) is 0 Å². The van der Waals surface area contributed by atoms with Crippen LogP contribution in [0.4, 0.5) is 0 Å². The van der Waals surface area contributed by atoms with Gasteiger partial charge in [0, 0.05) is 0 Å². The zero-order valence-electron chi connectivity index (χ0n) is 6.68. The second-order valence-electron chi connectivity index (χ2n) is 2.72. The number of hydrogen-bond donors (Lipinski definition) is 1. The highest BCUT2D eigenvalue weighted by Crippen LogP contribution is 2.34. The van der Waals surface area contributed by atoms with Crippen LogP contribution in [0.3, 0.4) is 0 Å². The second kappa shape index (κ2) is 3.85. The molecular weight excluding hydrogens is 128 g/mol. The van der Waals surface area contributed by atoms with Crippen LogP contribution in [0, 0.1) is 11.7 Å². The van der Waals surface area contributed by atoms with Gasteiger partial charge in [-0.05, 0) is 10.5 Å². The Morgan fingerprint density at radius 2 is 1.44 bits per heavy atom. The van der Waals surface area contributed by atoms with Crippen molar-refractivity contribution in [2.45, 2.75) is 38.2 Å². The Morgan fingerprint density at radius 1 is 1.11 bits per heavy atom. The summed E-state index contributed by atoms with van der Waals surface area (Å²) in [6.45, 7) is 8.80. The summed E-state index contributed by atoms with van der Waals surface area (Å²) in [6, 6.07) is 0. The monoisotopic (exact) mass is 144 g/mol. The predicted octanol–water partition coefficient (Wildman–Crippen LogP) is 2.40. The summed E-state index contributed by atoms with van der Waals surface area (Å²) in [7, 11) is -0.149. The van der Waals surface area contributed by atoms with Crippen molar-refractivity contribution >= 4 is 10.9 Å². The van der Waals surface area contributed by atoms with E-state index in [9.17, 15) is 0 Å². The zero-order valence-corrected chi connectivity index (χ0v) is 7.57. The van der Waals surface area contributed by atoms with Gasteiger partial charge in [0.2, 0.25) is 0 Å². The van der Waals surface area contributed by atoms with E-state index in [-0.39, 0.29) is 10.9 Å². The van der Waals surface area contributed by atoms with Crippen LogP contribution >= 0.6 is 10.9 Å². The molecule has 0 aromatic rings. The molecule has 0 unspecified atom stereocenters. The van der Waals surface area contributed by atoms with Crippen LogP contribution in [-0.4, -0.2) is 10.5 Å². The van der Waals surface area contributed by atoms with E-state index < -0.39 is 0 Å². The van der Waals surface area contributed by atoms with Crippen LogP contribution in [0.5, 0.6) is 0 Å². The number of terminal acetylenes is 1. The Hall–Kier alpha value is -0.0900. The molecule has 0 saturated carbocycles. The van der Waals surface area contributed by atoms with Gasteiger partial charge >= 0.3 is 0 Å². The average Bonchev–Trinajstić information content (AvgIpc) is 1.64. The molecule has 0 spiro atoms. The maximum atomic E-state index is 5.35. The average molecular weight is 144 g/mol. The van der Waals surface area contributed by atoms with E-state index in [2.05, 4.69) is 32.9 Å². The van der Waals surface area contributed by atoms with Gasteiger partial charge < -0.3 is 0 Å². The van der Waals surface area contributed by atoms with Crippen molar-refractivity contribution in [2.75, 3.05) is 0 Å². The molecule has 0 bridgehead atoms. The SMILES string of the molecule is C#C[SH](C(C)C)C(C)C. The van der Waals surface area contributed by atoms with Crippen LogP contribution in [0.1, 0.15) is 27.7 Å². The second-order valence-corrected chi connectivity index (χ2v) is 5.86. The smallest absolute Gasteiger partial charge is 0.00900 e. The molecule has 0 aliphatic rings. The maximum Gasteiger partial charge on any atom is -0.00900 e. The van der Waals surface area contributed by atoms with Gasteiger partial charge in [0.15, 0.2) is 0 Å². The standard InChI is InChI=1S/C8H16S/c1-6-9(7(2)3)8(4)5/h1,7-9H,2-5H3. The topological polar surface area (TPSA) is 0 Å². The Kier molecular flexibility index (Phi) is 3.81.